The molecule has 37 heavy (non-hydrogen) atoms. The number of carboxylic acids is 1. The molecule has 0 radical (unpaired) electrons. The number of aliphatic hydroxyl groups is 1. The zero-order chi connectivity index (χ0) is 26.8. The first kappa shape index (κ1) is 28.4. The Morgan fingerprint density at radius 3 is 2.35 bits per heavy atom. The van der Waals surface area contributed by atoms with Gasteiger partial charge in [-0.2, -0.15) is 0 Å². The van der Waals surface area contributed by atoms with Crippen LogP contribution < -0.4 is 0 Å². The maximum atomic E-state index is 10.2. The van der Waals surface area contributed by atoms with E-state index in [-0.39, 0.29) is 6.10 Å². The Bertz CT molecular complexity index is 936. The van der Waals surface area contributed by atoms with Crippen LogP contribution in [-0.4, -0.2) is 22.3 Å². The van der Waals surface area contributed by atoms with Gasteiger partial charge < -0.3 is 10.2 Å². The van der Waals surface area contributed by atoms with Gasteiger partial charge in [0.2, 0.25) is 0 Å². The number of benzene rings is 1. The van der Waals surface area contributed by atoms with E-state index in [4.69, 9.17) is 5.11 Å². The maximum absolute atomic E-state index is 10.2. The minimum Gasteiger partial charge on any atom is -0.478 e. The summed E-state index contributed by atoms with van der Waals surface area (Å²) in [5.41, 5.74) is 2.93. The van der Waals surface area contributed by atoms with Gasteiger partial charge in [0, 0.05) is 0 Å². The summed E-state index contributed by atoms with van der Waals surface area (Å²) in [6.45, 7) is 12.6. The number of carboxylic acid groups (broad SMARTS) is 1. The van der Waals surface area contributed by atoms with Gasteiger partial charge in [-0.1, -0.05) is 83.7 Å². The molecule has 3 saturated carbocycles. The molecule has 2 N–H and O–H groups in total. The highest BCUT2D eigenvalue weighted by Gasteiger charge is 2.59. The summed E-state index contributed by atoms with van der Waals surface area (Å²) in [7, 11) is 0. The quantitative estimate of drug-likeness (QED) is 0.378. The molecular weight excluding hydrogens is 456 g/mol. The lowest BCUT2D eigenvalue weighted by Gasteiger charge is -2.58. The molecule has 4 aliphatic rings. The van der Waals surface area contributed by atoms with Crippen molar-refractivity contribution in [3.05, 3.63) is 47.5 Å². The van der Waals surface area contributed by atoms with Crippen molar-refractivity contribution in [2.75, 3.05) is 0 Å². The third-order valence-corrected chi connectivity index (χ3v) is 11.3. The number of rotatable bonds is 6. The molecule has 0 aliphatic heterocycles. The Labute approximate surface area is 226 Å². The van der Waals surface area contributed by atoms with Crippen LogP contribution in [0.3, 0.4) is 0 Å². The van der Waals surface area contributed by atoms with E-state index in [0.29, 0.717) is 16.4 Å². The van der Waals surface area contributed by atoms with Crippen LogP contribution >= 0.6 is 0 Å². The number of hydrogen-bond donors (Lipinski definition) is 2. The highest BCUT2D eigenvalue weighted by molar-refractivity contribution is 5.87. The number of allylic oxidation sites excluding steroid dienone is 1. The summed E-state index contributed by atoms with van der Waals surface area (Å²) in [6.07, 6.45) is 17.2. The van der Waals surface area contributed by atoms with Crippen molar-refractivity contribution >= 4 is 5.97 Å². The summed E-state index contributed by atoms with van der Waals surface area (Å²) in [4.78, 5) is 10.2. The second-order valence-corrected chi connectivity index (χ2v) is 13.9. The summed E-state index contributed by atoms with van der Waals surface area (Å²) in [5.74, 6) is 4.58. The summed E-state index contributed by atoms with van der Waals surface area (Å²) >= 11 is 0. The average molecular weight is 509 g/mol. The summed E-state index contributed by atoms with van der Waals surface area (Å²) in [5, 5.41) is 18.6. The number of carbonyl (C=O) groups is 1. The molecule has 0 spiro atoms. The third kappa shape index (κ3) is 5.87. The highest BCUT2D eigenvalue weighted by atomic mass is 16.4. The Morgan fingerprint density at radius 1 is 0.973 bits per heavy atom. The lowest BCUT2D eigenvalue weighted by Crippen LogP contribution is -2.50. The molecule has 3 nitrogen and oxygen atoms in total. The molecule has 0 aromatic heterocycles. The van der Waals surface area contributed by atoms with Gasteiger partial charge in [0.1, 0.15) is 0 Å². The fraction of sp³-hybridized carbons (Fsp3) is 0.735. The van der Waals surface area contributed by atoms with Crippen molar-refractivity contribution in [1.82, 2.24) is 0 Å². The first-order valence-corrected chi connectivity index (χ1v) is 15.2. The molecule has 8 atom stereocenters. The van der Waals surface area contributed by atoms with Crippen molar-refractivity contribution in [3.8, 4) is 0 Å². The zero-order valence-electron chi connectivity index (χ0n) is 24.1. The van der Waals surface area contributed by atoms with Crippen molar-refractivity contribution in [2.45, 2.75) is 111 Å². The number of aromatic carboxylic acids is 1. The summed E-state index contributed by atoms with van der Waals surface area (Å²) in [6, 6.07) is 8.30. The van der Waals surface area contributed by atoms with E-state index in [9.17, 15) is 9.90 Å². The largest absolute Gasteiger partial charge is 0.478 e. The Kier molecular flexibility index (Phi) is 8.94. The first-order valence-electron chi connectivity index (χ1n) is 15.2. The topological polar surface area (TPSA) is 57.5 Å². The Balaban J connectivity index is 0.000000301. The van der Waals surface area contributed by atoms with Gasteiger partial charge in [0.25, 0.3) is 0 Å². The third-order valence-electron chi connectivity index (χ3n) is 11.3. The van der Waals surface area contributed by atoms with Crippen molar-refractivity contribution in [1.29, 1.82) is 0 Å². The molecule has 0 unspecified atom stereocenters. The molecular formula is C34H52O3. The normalized spacial score (nSPS) is 37.4. The number of fused-ring (bicyclic) bond motifs is 5. The van der Waals surface area contributed by atoms with Gasteiger partial charge in [0.05, 0.1) is 11.7 Å². The van der Waals surface area contributed by atoms with E-state index >= 15 is 0 Å². The minimum absolute atomic E-state index is 0.0766. The van der Waals surface area contributed by atoms with Gasteiger partial charge >= 0.3 is 5.97 Å². The van der Waals surface area contributed by atoms with Gasteiger partial charge in [-0.15, -0.1) is 0 Å². The van der Waals surface area contributed by atoms with Crippen LogP contribution in [-0.2, 0) is 0 Å². The predicted molar refractivity (Wildman–Crippen MR) is 152 cm³/mol. The molecule has 1 aromatic rings. The molecule has 5 rings (SSSR count). The van der Waals surface area contributed by atoms with E-state index in [1.54, 1.807) is 35.9 Å². The lowest BCUT2D eigenvalue weighted by atomic mass is 9.47. The van der Waals surface area contributed by atoms with Gasteiger partial charge in [-0.3, -0.25) is 0 Å². The van der Waals surface area contributed by atoms with E-state index in [1.165, 1.54) is 57.8 Å². The predicted octanol–water partition coefficient (Wildman–Crippen LogP) is 8.77. The molecule has 3 fully saturated rings. The SMILES string of the molecule is CC(C)CCC[C@@H](C)[C@H]1CC[C@H]2[C@@H]3CC=C4C[C@@H](O)CC[C@]4(C)[C@H]3CC[C@]12C.O=C(O)c1ccccc1. The van der Waals surface area contributed by atoms with Crippen LogP contribution in [0.1, 0.15) is 116 Å². The van der Waals surface area contributed by atoms with Crippen LogP contribution in [0, 0.1) is 46.3 Å². The van der Waals surface area contributed by atoms with Crippen LogP contribution in [0.15, 0.2) is 42.0 Å². The summed E-state index contributed by atoms with van der Waals surface area (Å²) < 4.78 is 0. The van der Waals surface area contributed by atoms with Gasteiger partial charge in [-0.05, 0) is 110 Å². The smallest absolute Gasteiger partial charge is 0.335 e. The fourth-order valence-corrected chi connectivity index (χ4v) is 9.25. The second-order valence-electron chi connectivity index (χ2n) is 13.9. The molecule has 0 bridgehead atoms. The molecule has 206 valence electrons. The molecule has 3 heteroatoms. The van der Waals surface area contributed by atoms with E-state index in [0.717, 1.165) is 48.3 Å². The second kappa shape index (κ2) is 11.6. The molecule has 0 amide bonds. The molecule has 4 aliphatic carbocycles. The van der Waals surface area contributed by atoms with Crippen LogP contribution in [0.25, 0.3) is 0 Å². The van der Waals surface area contributed by atoms with E-state index < -0.39 is 5.97 Å². The van der Waals surface area contributed by atoms with Gasteiger partial charge in [-0.25, -0.2) is 4.79 Å². The maximum Gasteiger partial charge on any atom is 0.335 e. The molecule has 0 heterocycles. The monoisotopic (exact) mass is 508 g/mol. The van der Waals surface area contributed by atoms with Crippen LogP contribution in [0.5, 0.6) is 0 Å². The first-order chi connectivity index (χ1) is 17.6. The lowest BCUT2D eigenvalue weighted by molar-refractivity contribution is -0.0573. The van der Waals surface area contributed by atoms with Crippen molar-refractivity contribution in [2.24, 2.45) is 46.3 Å². The highest BCUT2D eigenvalue weighted by Crippen LogP contribution is 2.67. The Morgan fingerprint density at radius 2 is 1.70 bits per heavy atom. The van der Waals surface area contributed by atoms with Crippen molar-refractivity contribution in [3.63, 3.8) is 0 Å². The van der Waals surface area contributed by atoms with Crippen molar-refractivity contribution < 1.29 is 15.0 Å². The fourth-order valence-electron chi connectivity index (χ4n) is 9.25. The average Bonchev–Trinajstić information content (AvgIpc) is 3.22. The van der Waals surface area contributed by atoms with Crippen LogP contribution in [0.2, 0.25) is 0 Å². The zero-order valence-corrected chi connectivity index (χ0v) is 24.1. The standard InChI is InChI=1S/C27H46O.C7H6O2/c1-18(2)7-6-8-19(3)23-11-12-24-22-10-9-20-17-21(28)13-15-26(20,4)25(22)14-16-27(23,24)5;8-7(9)6-4-2-1-3-5-6/h9,18-19,21-25,28H,6-8,10-17H2,1-5H3;1-5H,(H,8,9)/t19-,21+,22+,23-,24+,25+,26+,27-;/m1./s1. The molecule has 1 aromatic carbocycles. The van der Waals surface area contributed by atoms with E-state index in [2.05, 4.69) is 40.7 Å². The Hall–Kier alpha value is -1.61. The molecule has 0 saturated heterocycles. The van der Waals surface area contributed by atoms with Crippen LogP contribution in [0.4, 0.5) is 0 Å². The minimum atomic E-state index is -0.879. The number of hydrogen-bond acceptors (Lipinski definition) is 2. The van der Waals surface area contributed by atoms with Gasteiger partial charge in [0.15, 0.2) is 0 Å². The van der Waals surface area contributed by atoms with E-state index in [1.807, 2.05) is 0 Å². The number of aliphatic hydroxyl groups excluding tert-OH is 1.